The van der Waals surface area contributed by atoms with E-state index in [-0.39, 0.29) is 6.54 Å². The highest BCUT2D eigenvalue weighted by molar-refractivity contribution is 5.94. The number of hydrogen-bond acceptors (Lipinski definition) is 3. The molecule has 6 nitrogen and oxygen atoms in total. The number of amides is 4. The van der Waals surface area contributed by atoms with Crippen molar-refractivity contribution < 1.29 is 18.7 Å². The van der Waals surface area contributed by atoms with Gasteiger partial charge < -0.3 is 15.4 Å². The molecule has 1 aliphatic rings. The highest BCUT2D eigenvalue weighted by Gasteiger charge is 2.32. The van der Waals surface area contributed by atoms with Crippen molar-refractivity contribution in [3.05, 3.63) is 35.6 Å². The minimum absolute atomic E-state index is 0.0487. The molecule has 0 aromatic heterocycles. The molecular formula is C14H18FN3O3. The molecule has 1 aromatic rings. The zero-order valence-electron chi connectivity index (χ0n) is 12.0. The molecule has 1 unspecified atom stereocenters. The Morgan fingerprint density at radius 2 is 2.24 bits per heavy atom. The standard InChI is InChI=1S/C14H18FN3O3/c1-14(21-2,10-5-3-4-6-11(10)15)9-17-13(20)18-8-7-16-12(18)19/h3-6H,7-9H2,1-2H3,(H,16,19)(H,17,20). The number of carbonyl (C=O) groups is 2. The van der Waals surface area contributed by atoms with Gasteiger partial charge in [0.1, 0.15) is 11.4 Å². The zero-order chi connectivity index (χ0) is 15.5. The normalized spacial score (nSPS) is 17.3. The molecule has 1 heterocycles. The summed E-state index contributed by atoms with van der Waals surface area (Å²) in [6, 6.07) is 5.27. The maximum Gasteiger partial charge on any atom is 0.325 e. The Bertz CT molecular complexity index is 552. The van der Waals surface area contributed by atoms with E-state index in [1.165, 1.54) is 13.2 Å². The lowest BCUT2D eigenvalue weighted by Gasteiger charge is -2.29. The van der Waals surface area contributed by atoms with E-state index < -0.39 is 23.5 Å². The van der Waals surface area contributed by atoms with Crippen LogP contribution in [0.4, 0.5) is 14.0 Å². The van der Waals surface area contributed by atoms with E-state index in [1.807, 2.05) is 0 Å². The smallest absolute Gasteiger partial charge is 0.325 e. The fourth-order valence-electron chi connectivity index (χ4n) is 2.17. The molecular weight excluding hydrogens is 277 g/mol. The first kappa shape index (κ1) is 15.2. The van der Waals surface area contributed by atoms with Crippen molar-refractivity contribution in [2.24, 2.45) is 0 Å². The van der Waals surface area contributed by atoms with Gasteiger partial charge in [-0.15, -0.1) is 0 Å². The summed E-state index contributed by atoms with van der Waals surface area (Å²) >= 11 is 0. The molecule has 1 fully saturated rings. The number of nitrogens with zero attached hydrogens (tertiary/aromatic N) is 1. The highest BCUT2D eigenvalue weighted by Crippen LogP contribution is 2.26. The predicted molar refractivity (Wildman–Crippen MR) is 74.3 cm³/mol. The fourth-order valence-corrected chi connectivity index (χ4v) is 2.17. The molecule has 1 aliphatic heterocycles. The number of urea groups is 2. The molecule has 7 heteroatoms. The highest BCUT2D eigenvalue weighted by atomic mass is 19.1. The first-order chi connectivity index (χ1) is 9.98. The summed E-state index contributed by atoms with van der Waals surface area (Å²) in [5.74, 6) is -0.407. The van der Waals surface area contributed by atoms with Crippen LogP contribution in [-0.2, 0) is 10.3 Å². The summed E-state index contributed by atoms with van der Waals surface area (Å²) in [4.78, 5) is 24.4. The topological polar surface area (TPSA) is 70.7 Å². The van der Waals surface area contributed by atoms with Crippen LogP contribution in [0.2, 0.25) is 0 Å². The second-order valence-electron chi connectivity index (χ2n) is 4.96. The average Bonchev–Trinajstić information content (AvgIpc) is 2.91. The predicted octanol–water partition coefficient (Wildman–Crippen LogP) is 1.42. The number of rotatable bonds is 4. The van der Waals surface area contributed by atoms with E-state index >= 15 is 0 Å². The number of nitrogens with one attached hydrogen (secondary N) is 2. The molecule has 0 saturated carbocycles. The monoisotopic (exact) mass is 295 g/mol. The Morgan fingerprint density at radius 3 is 2.81 bits per heavy atom. The van der Waals surface area contributed by atoms with Gasteiger partial charge in [-0.3, -0.25) is 0 Å². The minimum atomic E-state index is -1.02. The molecule has 0 bridgehead atoms. The van der Waals surface area contributed by atoms with Crippen LogP contribution in [0.25, 0.3) is 0 Å². The lowest BCUT2D eigenvalue weighted by atomic mass is 9.95. The van der Waals surface area contributed by atoms with E-state index in [9.17, 15) is 14.0 Å². The number of halogens is 1. The van der Waals surface area contributed by atoms with Crippen molar-refractivity contribution in [1.82, 2.24) is 15.5 Å². The lowest BCUT2D eigenvalue weighted by molar-refractivity contribution is 0.00148. The number of benzene rings is 1. The molecule has 1 saturated heterocycles. The van der Waals surface area contributed by atoms with Crippen molar-refractivity contribution in [1.29, 1.82) is 0 Å². The van der Waals surface area contributed by atoms with Gasteiger partial charge in [0, 0.05) is 25.8 Å². The molecule has 0 aliphatic carbocycles. The third-order valence-electron chi connectivity index (χ3n) is 3.57. The summed E-state index contributed by atoms with van der Waals surface area (Å²) in [6.07, 6.45) is 0. The van der Waals surface area contributed by atoms with Crippen LogP contribution in [0.15, 0.2) is 24.3 Å². The van der Waals surface area contributed by atoms with Gasteiger partial charge in [-0.1, -0.05) is 18.2 Å². The van der Waals surface area contributed by atoms with Crippen molar-refractivity contribution in [2.45, 2.75) is 12.5 Å². The third-order valence-corrected chi connectivity index (χ3v) is 3.57. The van der Waals surface area contributed by atoms with Gasteiger partial charge in [-0.05, 0) is 13.0 Å². The van der Waals surface area contributed by atoms with Crippen molar-refractivity contribution in [3.8, 4) is 0 Å². The van der Waals surface area contributed by atoms with Crippen molar-refractivity contribution in [2.75, 3.05) is 26.7 Å². The summed E-state index contributed by atoms with van der Waals surface area (Å²) in [5.41, 5.74) is -0.671. The van der Waals surface area contributed by atoms with Gasteiger partial charge in [-0.25, -0.2) is 18.9 Å². The van der Waals surface area contributed by atoms with Crippen molar-refractivity contribution in [3.63, 3.8) is 0 Å². The number of imide groups is 1. The van der Waals surface area contributed by atoms with Gasteiger partial charge in [-0.2, -0.15) is 0 Å². The number of hydrogen-bond donors (Lipinski definition) is 2. The largest absolute Gasteiger partial charge is 0.372 e. The van der Waals surface area contributed by atoms with Crippen LogP contribution >= 0.6 is 0 Å². The summed E-state index contributed by atoms with van der Waals surface area (Å²) in [6.45, 7) is 2.47. The van der Waals surface area contributed by atoms with E-state index in [1.54, 1.807) is 25.1 Å². The number of methoxy groups -OCH3 is 1. The molecule has 21 heavy (non-hydrogen) atoms. The Labute approximate surface area is 122 Å². The quantitative estimate of drug-likeness (QED) is 0.882. The van der Waals surface area contributed by atoms with Gasteiger partial charge in [0.25, 0.3) is 0 Å². The average molecular weight is 295 g/mol. The Morgan fingerprint density at radius 1 is 1.52 bits per heavy atom. The summed E-state index contributed by atoms with van der Waals surface area (Å²) in [5, 5.41) is 5.14. The molecule has 114 valence electrons. The van der Waals surface area contributed by atoms with Crippen LogP contribution in [0.3, 0.4) is 0 Å². The molecule has 2 N–H and O–H groups in total. The number of ether oxygens (including phenoxy) is 1. The molecule has 0 spiro atoms. The van der Waals surface area contributed by atoms with E-state index in [0.29, 0.717) is 18.7 Å². The summed E-state index contributed by atoms with van der Waals surface area (Å²) in [7, 11) is 1.45. The molecule has 0 radical (unpaired) electrons. The van der Waals surface area contributed by atoms with Crippen LogP contribution in [-0.4, -0.2) is 43.7 Å². The van der Waals surface area contributed by atoms with Gasteiger partial charge in [0.2, 0.25) is 0 Å². The zero-order valence-corrected chi connectivity index (χ0v) is 12.0. The molecule has 1 aromatic carbocycles. The molecule has 2 rings (SSSR count). The molecule has 4 amide bonds. The lowest BCUT2D eigenvalue weighted by Crippen LogP contribution is -2.47. The van der Waals surface area contributed by atoms with Crippen LogP contribution < -0.4 is 10.6 Å². The second-order valence-corrected chi connectivity index (χ2v) is 4.96. The number of carbonyl (C=O) groups excluding carboxylic acids is 2. The first-order valence-electron chi connectivity index (χ1n) is 6.61. The maximum absolute atomic E-state index is 13.9. The third kappa shape index (κ3) is 3.13. The molecule has 1 atom stereocenters. The van der Waals surface area contributed by atoms with E-state index in [4.69, 9.17) is 4.74 Å². The van der Waals surface area contributed by atoms with Gasteiger partial charge in [0.05, 0.1) is 6.54 Å². The van der Waals surface area contributed by atoms with Gasteiger partial charge >= 0.3 is 12.1 Å². The SMILES string of the molecule is COC(C)(CNC(=O)N1CCNC1=O)c1ccccc1F. The second kappa shape index (κ2) is 6.09. The van der Waals surface area contributed by atoms with Gasteiger partial charge in [0.15, 0.2) is 0 Å². The summed E-state index contributed by atoms with van der Waals surface area (Å²) < 4.78 is 19.3. The Balaban J connectivity index is 2.07. The maximum atomic E-state index is 13.9. The minimum Gasteiger partial charge on any atom is -0.372 e. The Kier molecular flexibility index (Phi) is 4.42. The van der Waals surface area contributed by atoms with Crippen LogP contribution in [0, 0.1) is 5.82 Å². The van der Waals surface area contributed by atoms with E-state index in [0.717, 1.165) is 4.90 Å². The van der Waals surface area contributed by atoms with Crippen LogP contribution in [0.5, 0.6) is 0 Å². The van der Waals surface area contributed by atoms with Crippen LogP contribution in [0.1, 0.15) is 12.5 Å². The van der Waals surface area contributed by atoms with Crippen molar-refractivity contribution >= 4 is 12.1 Å². The first-order valence-corrected chi connectivity index (χ1v) is 6.61. The fraction of sp³-hybridized carbons (Fsp3) is 0.429. The van der Waals surface area contributed by atoms with E-state index in [2.05, 4.69) is 10.6 Å². The Hall–Kier alpha value is -2.15.